The molecular weight excluding hydrogens is 277 g/mol. The van der Waals surface area contributed by atoms with Crippen LogP contribution in [0, 0.1) is 5.82 Å². The molecule has 0 spiro atoms. The lowest BCUT2D eigenvalue weighted by atomic mass is 10.1. The number of fused-ring (bicyclic) bond motifs is 3. The van der Waals surface area contributed by atoms with E-state index < -0.39 is 0 Å². The minimum Gasteiger partial charge on any atom is -0.212 e. The minimum atomic E-state index is -0.270. The van der Waals surface area contributed by atoms with Crippen molar-refractivity contribution >= 4 is 27.2 Å². The summed E-state index contributed by atoms with van der Waals surface area (Å²) < 4.78 is 15.4. The molecule has 0 N–H and O–H groups in total. The molecule has 0 unspecified atom stereocenters. The number of hydrogen-bond acceptors (Lipinski definition) is 2. The fraction of sp³-hybridized carbons (Fsp3) is 0. The molecule has 0 atom stereocenters. The SMILES string of the molecule is Fc1cccc(-c2nnn3c4cccc5cccc(c54)c23)c1. The molecular formula is C18H10FN3. The van der Waals surface area contributed by atoms with E-state index in [4.69, 9.17) is 0 Å². The Kier molecular flexibility index (Phi) is 2.12. The van der Waals surface area contributed by atoms with Crippen LogP contribution >= 0.6 is 0 Å². The van der Waals surface area contributed by atoms with E-state index in [0.29, 0.717) is 5.69 Å². The second-order valence-corrected chi connectivity index (χ2v) is 5.39. The third-order valence-corrected chi connectivity index (χ3v) is 4.13. The maximum absolute atomic E-state index is 13.5. The second-order valence-electron chi connectivity index (χ2n) is 5.39. The van der Waals surface area contributed by atoms with Gasteiger partial charge in [-0.15, -0.1) is 5.10 Å². The van der Waals surface area contributed by atoms with Gasteiger partial charge in [-0.3, -0.25) is 0 Å². The first-order valence-corrected chi connectivity index (χ1v) is 7.07. The van der Waals surface area contributed by atoms with Gasteiger partial charge in [0.2, 0.25) is 0 Å². The summed E-state index contributed by atoms with van der Waals surface area (Å²) in [4.78, 5) is 0. The van der Waals surface area contributed by atoms with Crippen molar-refractivity contribution in [1.82, 2.24) is 14.8 Å². The lowest BCUT2D eigenvalue weighted by Gasteiger charge is -1.98. The number of hydrogen-bond donors (Lipinski definition) is 0. The average Bonchev–Trinajstić information content (AvgIpc) is 3.10. The van der Waals surface area contributed by atoms with Gasteiger partial charge in [0, 0.05) is 16.3 Å². The molecule has 4 heteroatoms. The third-order valence-electron chi connectivity index (χ3n) is 4.13. The Morgan fingerprint density at radius 1 is 0.909 bits per heavy atom. The molecule has 3 aromatic carbocycles. The Balaban J connectivity index is 1.99. The molecule has 0 aliphatic heterocycles. The van der Waals surface area contributed by atoms with Crippen LogP contribution in [0.5, 0.6) is 0 Å². The highest BCUT2D eigenvalue weighted by molar-refractivity contribution is 6.18. The van der Waals surface area contributed by atoms with Crippen molar-refractivity contribution in [1.29, 1.82) is 0 Å². The van der Waals surface area contributed by atoms with Crippen molar-refractivity contribution in [2.24, 2.45) is 0 Å². The zero-order chi connectivity index (χ0) is 14.7. The topological polar surface area (TPSA) is 30.2 Å². The van der Waals surface area contributed by atoms with Gasteiger partial charge in [-0.2, -0.15) is 0 Å². The summed E-state index contributed by atoms with van der Waals surface area (Å²) in [5.41, 5.74) is 3.41. The molecule has 0 fully saturated rings. The fourth-order valence-electron chi connectivity index (χ4n) is 3.22. The van der Waals surface area contributed by atoms with Gasteiger partial charge in [0.15, 0.2) is 0 Å². The van der Waals surface area contributed by atoms with Crippen molar-refractivity contribution in [2.45, 2.75) is 0 Å². The van der Waals surface area contributed by atoms with E-state index in [-0.39, 0.29) is 5.82 Å². The first kappa shape index (κ1) is 11.6. The number of rotatable bonds is 1. The molecule has 0 bridgehead atoms. The highest BCUT2D eigenvalue weighted by atomic mass is 19.1. The van der Waals surface area contributed by atoms with E-state index in [1.807, 2.05) is 28.8 Å². The van der Waals surface area contributed by atoms with Crippen LogP contribution in [-0.2, 0) is 0 Å². The monoisotopic (exact) mass is 287 g/mol. The summed E-state index contributed by atoms with van der Waals surface area (Å²) in [5.74, 6) is -0.270. The molecule has 22 heavy (non-hydrogen) atoms. The van der Waals surface area contributed by atoms with Crippen molar-refractivity contribution in [3.05, 3.63) is 66.5 Å². The van der Waals surface area contributed by atoms with E-state index in [9.17, 15) is 4.39 Å². The molecule has 0 saturated heterocycles. The van der Waals surface area contributed by atoms with E-state index in [2.05, 4.69) is 28.5 Å². The maximum atomic E-state index is 13.5. The first-order chi connectivity index (χ1) is 10.8. The van der Waals surface area contributed by atoms with Gasteiger partial charge in [-0.1, -0.05) is 47.7 Å². The summed E-state index contributed by atoms with van der Waals surface area (Å²) in [7, 11) is 0. The van der Waals surface area contributed by atoms with Crippen LogP contribution < -0.4 is 0 Å². The summed E-state index contributed by atoms with van der Waals surface area (Å²) >= 11 is 0. The largest absolute Gasteiger partial charge is 0.212 e. The number of halogens is 1. The van der Waals surface area contributed by atoms with Gasteiger partial charge >= 0.3 is 0 Å². The fourth-order valence-corrected chi connectivity index (χ4v) is 3.22. The van der Waals surface area contributed by atoms with Gasteiger partial charge < -0.3 is 0 Å². The quantitative estimate of drug-likeness (QED) is 0.460. The van der Waals surface area contributed by atoms with E-state index in [1.165, 1.54) is 22.9 Å². The standard InChI is InChI=1S/C18H10FN3/c19-13-7-1-6-12(10-13)17-18-14-8-2-4-11-5-3-9-15(16(11)14)22(18)21-20-17/h1-10H. The van der Waals surface area contributed by atoms with Crippen LogP contribution in [0.1, 0.15) is 0 Å². The zero-order valence-corrected chi connectivity index (χ0v) is 11.5. The molecule has 0 amide bonds. The van der Waals surface area contributed by atoms with Crippen LogP contribution in [0.15, 0.2) is 60.7 Å². The van der Waals surface area contributed by atoms with Crippen molar-refractivity contribution < 1.29 is 4.39 Å². The predicted octanol–water partition coefficient (Wildman–Crippen LogP) is 4.28. The number of benzene rings is 3. The van der Waals surface area contributed by atoms with Crippen LogP contribution in [0.25, 0.3) is 38.4 Å². The van der Waals surface area contributed by atoms with Crippen LogP contribution in [0.4, 0.5) is 4.39 Å². The average molecular weight is 287 g/mol. The van der Waals surface area contributed by atoms with E-state index >= 15 is 0 Å². The Morgan fingerprint density at radius 2 is 1.73 bits per heavy atom. The summed E-state index contributed by atoms with van der Waals surface area (Å²) in [6.45, 7) is 0. The minimum absolute atomic E-state index is 0.270. The Hall–Kier alpha value is -3.01. The van der Waals surface area contributed by atoms with E-state index in [0.717, 1.165) is 22.0 Å². The molecule has 2 aromatic heterocycles. The first-order valence-electron chi connectivity index (χ1n) is 7.07. The summed E-state index contributed by atoms with van der Waals surface area (Å²) in [5, 5.41) is 12.0. The van der Waals surface area contributed by atoms with Gasteiger partial charge in [-0.05, 0) is 23.6 Å². The number of aromatic nitrogens is 3. The predicted molar refractivity (Wildman–Crippen MR) is 84.6 cm³/mol. The second kappa shape index (κ2) is 4.01. The van der Waals surface area contributed by atoms with Crippen molar-refractivity contribution in [2.75, 3.05) is 0 Å². The maximum Gasteiger partial charge on any atom is 0.123 e. The van der Waals surface area contributed by atoms with Crippen LogP contribution in [0.3, 0.4) is 0 Å². The molecule has 5 rings (SSSR count). The van der Waals surface area contributed by atoms with Crippen LogP contribution in [0.2, 0.25) is 0 Å². The molecule has 0 aliphatic rings. The Morgan fingerprint density at radius 3 is 2.59 bits per heavy atom. The Labute approximate surface area is 124 Å². The lowest BCUT2D eigenvalue weighted by molar-refractivity contribution is 0.628. The Bertz CT molecular complexity index is 1140. The molecule has 5 aromatic rings. The van der Waals surface area contributed by atoms with Gasteiger partial charge in [0.25, 0.3) is 0 Å². The molecule has 0 radical (unpaired) electrons. The smallest absolute Gasteiger partial charge is 0.123 e. The van der Waals surface area contributed by atoms with Crippen molar-refractivity contribution in [3.63, 3.8) is 0 Å². The van der Waals surface area contributed by atoms with Gasteiger partial charge in [0.1, 0.15) is 17.0 Å². The third kappa shape index (κ3) is 1.39. The highest BCUT2D eigenvalue weighted by Crippen LogP contribution is 2.36. The highest BCUT2D eigenvalue weighted by Gasteiger charge is 2.18. The van der Waals surface area contributed by atoms with Gasteiger partial charge in [0.05, 0.1) is 5.52 Å². The van der Waals surface area contributed by atoms with Gasteiger partial charge in [-0.25, -0.2) is 8.91 Å². The molecule has 0 saturated carbocycles. The van der Waals surface area contributed by atoms with Crippen molar-refractivity contribution in [3.8, 4) is 11.3 Å². The molecule has 3 nitrogen and oxygen atoms in total. The molecule has 2 heterocycles. The normalized spacial score (nSPS) is 11.9. The lowest BCUT2D eigenvalue weighted by Crippen LogP contribution is -1.83. The number of nitrogens with zero attached hydrogens (tertiary/aromatic N) is 3. The zero-order valence-electron chi connectivity index (χ0n) is 11.5. The summed E-state index contributed by atoms with van der Waals surface area (Å²) in [6, 6.07) is 18.8. The van der Waals surface area contributed by atoms with Crippen LogP contribution in [-0.4, -0.2) is 14.8 Å². The summed E-state index contributed by atoms with van der Waals surface area (Å²) in [6.07, 6.45) is 0. The van der Waals surface area contributed by atoms with E-state index in [1.54, 1.807) is 6.07 Å². The molecule has 104 valence electrons. The molecule has 0 aliphatic carbocycles.